The average molecular weight is 188 g/mol. The molecule has 1 aromatic rings. The van der Waals surface area contributed by atoms with Crippen LogP contribution in [0.5, 0.6) is 0 Å². The lowest BCUT2D eigenvalue weighted by molar-refractivity contribution is 0.348. The maximum absolute atomic E-state index is 5.36. The predicted octanol–water partition coefficient (Wildman–Crippen LogP) is 1.51. The maximum Gasteiger partial charge on any atom is 0.216 e. The molecular formula is C11H12N2O. The molecule has 0 saturated carbocycles. The van der Waals surface area contributed by atoms with E-state index in [-0.39, 0.29) is 0 Å². The van der Waals surface area contributed by atoms with Gasteiger partial charge in [-0.05, 0) is 17.7 Å². The Morgan fingerprint density at radius 1 is 1.36 bits per heavy atom. The quantitative estimate of drug-likeness (QED) is 0.648. The molecule has 0 fully saturated rings. The summed E-state index contributed by atoms with van der Waals surface area (Å²) >= 11 is 0. The molecule has 0 atom stereocenters. The minimum atomic E-state index is 0.702. The molecule has 0 saturated heterocycles. The molecule has 1 aromatic carbocycles. The molecule has 0 unspecified atom stereocenters. The van der Waals surface area contributed by atoms with E-state index in [1.165, 1.54) is 0 Å². The van der Waals surface area contributed by atoms with Crippen LogP contribution in [-0.2, 0) is 4.74 Å². The zero-order valence-corrected chi connectivity index (χ0v) is 8.10. The van der Waals surface area contributed by atoms with E-state index in [0.717, 1.165) is 23.6 Å². The van der Waals surface area contributed by atoms with Crippen LogP contribution in [0, 0.1) is 0 Å². The summed E-state index contributed by atoms with van der Waals surface area (Å²) in [6, 6.07) is 8.02. The summed E-state index contributed by atoms with van der Waals surface area (Å²) in [5, 5.41) is 0. The summed E-state index contributed by atoms with van der Waals surface area (Å²) in [6.45, 7) is 1.47. The predicted molar refractivity (Wildman–Crippen MR) is 57.3 cm³/mol. The molecule has 1 aliphatic rings. The fourth-order valence-corrected chi connectivity index (χ4v) is 1.37. The molecule has 0 spiro atoms. The van der Waals surface area contributed by atoms with Gasteiger partial charge in [0.2, 0.25) is 5.90 Å². The number of hydrogen-bond donors (Lipinski definition) is 0. The first kappa shape index (κ1) is 8.94. The third-order valence-corrected chi connectivity index (χ3v) is 2.02. The van der Waals surface area contributed by atoms with Crippen molar-refractivity contribution in [2.45, 2.75) is 0 Å². The summed E-state index contributed by atoms with van der Waals surface area (Å²) in [5.41, 5.74) is 2.13. The van der Waals surface area contributed by atoms with Crippen LogP contribution in [0.25, 0.3) is 0 Å². The second-order valence-corrected chi connectivity index (χ2v) is 3.04. The highest BCUT2D eigenvalue weighted by Crippen LogP contribution is 2.08. The van der Waals surface area contributed by atoms with Gasteiger partial charge in [0.1, 0.15) is 6.61 Å². The van der Waals surface area contributed by atoms with Gasteiger partial charge in [-0.2, -0.15) is 0 Å². The number of aliphatic imine (C=N–C) groups is 2. The first-order valence-corrected chi connectivity index (χ1v) is 4.60. The fraction of sp³-hybridized carbons (Fsp3) is 0.273. The second-order valence-electron chi connectivity index (χ2n) is 3.04. The Morgan fingerprint density at radius 3 is 2.71 bits per heavy atom. The Bertz CT molecular complexity index is 365. The molecule has 72 valence electrons. The number of nitrogens with zero attached hydrogens (tertiary/aromatic N) is 2. The molecule has 1 aliphatic heterocycles. The molecule has 0 amide bonds. The van der Waals surface area contributed by atoms with Crippen LogP contribution in [0.15, 0.2) is 34.3 Å². The van der Waals surface area contributed by atoms with Crippen LogP contribution >= 0.6 is 0 Å². The Balaban J connectivity index is 2.21. The molecule has 2 rings (SSSR count). The topological polar surface area (TPSA) is 34.0 Å². The Labute approximate surface area is 83.2 Å². The molecule has 0 radical (unpaired) electrons. The van der Waals surface area contributed by atoms with Gasteiger partial charge in [-0.25, -0.2) is 4.99 Å². The second kappa shape index (κ2) is 4.05. The van der Waals surface area contributed by atoms with Crippen molar-refractivity contribution < 1.29 is 4.74 Å². The summed E-state index contributed by atoms with van der Waals surface area (Å²) < 4.78 is 5.36. The van der Waals surface area contributed by atoms with Gasteiger partial charge < -0.3 is 4.74 Å². The van der Waals surface area contributed by atoms with E-state index < -0.39 is 0 Å². The molecule has 0 aromatic heterocycles. The molecule has 3 heteroatoms. The molecule has 3 nitrogen and oxygen atoms in total. The average Bonchev–Trinajstić information content (AvgIpc) is 2.72. The molecule has 0 aliphatic carbocycles. The molecular weight excluding hydrogens is 176 g/mol. The van der Waals surface area contributed by atoms with E-state index in [0.29, 0.717) is 6.61 Å². The number of hydrogen-bond acceptors (Lipinski definition) is 3. The van der Waals surface area contributed by atoms with Crippen molar-refractivity contribution in [1.82, 2.24) is 0 Å². The van der Waals surface area contributed by atoms with Gasteiger partial charge >= 0.3 is 0 Å². The Hall–Kier alpha value is -1.64. The number of rotatable bonds is 2. The number of benzene rings is 1. The minimum Gasteiger partial charge on any atom is -0.476 e. The van der Waals surface area contributed by atoms with E-state index in [2.05, 4.69) is 9.98 Å². The smallest absolute Gasteiger partial charge is 0.216 e. The lowest BCUT2D eigenvalue weighted by atomic mass is 10.1. The lowest BCUT2D eigenvalue weighted by Gasteiger charge is -2.01. The SMILES string of the molecule is C/N=C\c1ccc(C2=NCCO2)cc1. The lowest BCUT2D eigenvalue weighted by Crippen LogP contribution is -2.00. The van der Waals surface area contributed by atoms with Crippen molar-refractivity contribution in [2.75, 3.05) is 20.2 Å². The molecule has 14 heavy (non-hydrogen) atoms. The Kier molecular flexibility index (Phi) is 2.58. The summed E-state index contributed by atoms with van der Waals surface area (Å²) in [5.74, 6) is 0.755. The fourth-order valence-electron chi connectivity index (χ4n) is 1.37. The third kappa shape index (κ3) is 1.82. The third-order valence-electron chi connectivity index (χ3n) is 2.02. The highest BCUT2D eigenvalue weighted by molar-refractivity contribution is 5.95. The normalized spacial score (nSPS) is 15.6. The van der Waals surface area contributed by atoms with Crippen LogP contribution < -0.4 is 0 Å². The van der Waals surface area contributed by atoms with Crippen molar-refractivity contribution in [1.29, 1.82) is 0 Å². The van der Waals surface area contributed by atoms with Gasteiger partial charge in [-0.3, -0.25) is 4.99 Å². The first-order valence-electron chi connectivity index (χ1n) is 4.60. The van der Waals surface area contributed by atoms with Crippen molar-refractivity contribution in [2.24, 2.45) is 9.98 Å². The number of ether oxygens (including phenoxy) is 1. The summed E-state index contributed by atoms with van der Waals surface area (Å²) in [6.07, 6.45) is 1.82. The van der Waals surface area contributed by atoms with Crippen molar-refractivity contribution >= 4 is 12.1 Å². The van der Waals surface area contributed by atoms with Gasteiger partial charge in [0, 0.05) is 18.8 Å². The van der Waals surface area contributed by atoms with Crippen LogP contribution in [0.2, 0.25) is 0 Å². The highest BCUT2D eigenvalue weighted by atomic mass is 16.5. The van der Waals surface area contributed by atoms with Crippen LogP contribution in [-0.4, -0.2) is 32.3 Å². The largest absolute Gasteiger partial charge is 0.476 e. The van der Waals surface area contributed by atoms with Crippen LogP contribution in [0.4, 0.5) is 0 Å². The maximum atomic E-state index is 5.36. The molecule has 1 heterocycles. The van der Waals surface area contributed by atoms with E-state index >= 15 is 0 Å². The van der Waals surface area contributed by atoms with Crippen molar-refractivity contribution in [3.05, 3.63) is 35.4 Å². The molecule has 0 N–H and O–H groups in total. The van der Waals surface area contributed by atoms with Crippen molar-refractivity contribution in [3.63, 3.8) is 0 Å². The first-order chi connectivity index (χ1) is 6.90. The zero-order chi connectivity index (χ0) is 9.80. The zero-order valence-electron chi connectivity index (χ0n) is 8.10. The standard InChI is InChI=1S/C11H12N2O/c1-12-8-9-2-4-10(5-3-9)11-13-6-7-14-11/h2-5,8H,6-7H2,1H3/b12-8-. The van der Waals surface area contributed by atoms with Crippen molar-refractivity contribution in [3.8, 4) is 0 Å². The highest BCUT2D eigenvalue weighted by Gasteiger charge is 2.08. The van der Waals surface area contributed by atoms with Gasteiger partial charge in [0.05, 0.1) is 6.54 Å². The Morgan fingerprint density at radius 2 is 2.14 bits per heavy atom. The van der Waals surface area contributed by atoms with Crippen LogP contribution in [0.3, 0.4) is 0 Å². The summed E-state index contributed by atoms with van der Waals surface area (Å²) in [4.78, 5) is 8.19. The van der Waals surface area contributed by atoms with E-state index in [4.69, 9.17) is 4.74 Å². The minimum absolute atomic E-state index is 0.702. The monoisotopic (exact) mass is 188 g/mol. The van der Waals surface area contributed by atoms with Crippen LogP contribution in [0.1, 0.15) is 11.1 Å². The van der Waals surface area contributed by atoms with E-state index in [9.17, 15) is 0 Å². The van der Waals surface area contributed by atoms with Gasteiger partial charge in [-0.1, -0.05) is 12.1 Å². The van der Waals surface area contributed by atoms with Gasteiger partial charge in [-0.15, -0.1) is 0 Å². The summed E-state index contributed by atoms with van der Waals surface area (Å²) in [7, 11) is 1.76. The van der Waals surface area contributed by atoms with E-state index in [1.807, 2.05) is 30.5 Å². The van der Waals surface area contributed by atoms with Gasteiger partial charge in [0.25, 0.3) is 0 Å². The van der Waals surface area contributed by atoms with Gasteiger partial charge in [0.15, 0.2) is 0 Å². The van der Waals surface area contributed by atoms with E-state index in [1.54, 1.807) is 7.05 Å². The molecule has 0 bridgehead atoms.